The quantitative estimate of drug-likeness (QED) is 0.184. The summed E-state index contributed by atoms with van der Waals surface area (Å²) in [4.78, 5) is 0. The SMILES string of the molecule is CCCc1ccc(-c2cc(F)c(C(F)(F)Oc3ccc(-c4cc(F)c(/C=C/C(F)(F)F)c(F)c4)c(F)c3)c(F)c2)cc1. The number of rotatable bonds is 8. The summed E-state index contributed by atoms with van der Waals surface area (Å²) in [6.07, 6.45) is -7.99. The van der Waals surface area contributed by atoms with E-state index in [0.29, 0.717) is 35.9 Å². The van der Waals surface area contributed by atoms with Gasteiger partial charge in [0.25, 0.3) is 0 Å². The first-order valence-electron chi connectivity index (χ1n) is 12.4. The van der Waals surface area contributed by atoms with E-state index in [-0.39, 0.29) is 17.7 Å². The van der Waals surface area contributed by atoms with Gasteiger partial charge in [0.1, 0.15) is 40.4 Å². The van der Waals surface area contributed by atoms with Gasteiger partial charge in [-0.3, -0.25) is 0 Å². The summed E-state index contributed by atoms with van der Waals surface area (Å²) in [6.45, 7) is 1.98. The fourth-order valence-corrected chi connectivity index (χ4v) is 4.24. The van der Waals surface area contributed by atoms with E-state index in [1.165, 1.54) is 0 Å². The van der Waals surface area contributed by atoms with Crippen molar-refractivity contribution in [1.82, 2.24) is 0 Å². The molecule has 0 spiro atoms. The van der Waals surface area contributed by atoms with Gasteiger partial charge in [-0.05, 0) is 71.1 Å². The van der Waals surface area contributed by atoms with E-state index in [9.17, 15) is 43.9 Å². The lowest BCUT2D eigenvalue weighted by Gasteiger charge is -2.20. The number of benzene rings is 4. The van der Waals surface area contributed by atoms with Gasteiger partial charge in [-0.2, -0.15) is 22.0 Å². The zero-order valence-electron chi connectivity index (χ0n) is 21.6. The third-order valence-corrected chi connectivity index (χ3v) is 6.17. The largest absolute Gasteiger partial charge is 0.432 e. The Morgan fingerprint density at radius 3 is 1.74 bits per heavy atom. The zero-order valence-corrected chi connectivity index (χ0v) is 21.6. The molecule has 0 aliphatic carbocycles. The van der Waals surface area contributed by atoms with Crippen LogP contribution in [-0.4, -0.2) is 6.18 Å². The summed E-state index contributed by atoms with van der Waals surface area (Å²) in [5.41, 5.74) is -2.34. The van der Waals surface area contributed by atoms with Gasteiger partial charge in [0.2, 0.25) is 0 Å². The van der Waals surface area contributed by atoms with Crippen LogP contribution in [0.2, 0.25) is 0 Å². The van der Waals surface area contributed by atoms with Crippen LogP contribution in [0.1, 0.15) is 30.0 Å². The normalized spacial score (nSPS) is 12.3. The Kier molecular flexibility index (Phi) is 8.70. The molecule has 0 unspecified atom stereocenters. The van der Waals surface area contributed by atoms with E-state index in [2.05, 4.69) is 4.74 Å². The van der Waals surface area contributed by atoms with Crippen LogP contribution in [0.3, 0.4) is 0 Å². The lowest BCUT2D eigenvalue weighted by atomic mass is 10.00. The van der Waals surface area contributed by atoms with Crippen molar-refractivity contribution < 1.29 is 48.6 Å². The van der Waals surface area contributed by atoms with E-state index in [1.807, 2.05) is 6.92 Å². The highest BCUT2D eigenvalue weighted by molar-refractivity contribution is 5.68. The number of hydrogen-bond acceptors (Lipinski definition) is 1. The monoisotopic (exact) mass is 598 g/mol. The van der Waals surface area contributed by atoms with Gasteiger partial charge in [-0.1, -0.05) is 37.6 Å². The molecular formula is C31H20F10O. The molecule has 42 heavy (non-hydrogen) atoms. The van der Waals surface area contributed by atoms with Gasteiger partial charge in [-0.25, -0.2) is 22.0 Å². The second-order valence-corrected chi connectivity index (χ2v) is 9.25. The predicted octanol–water partition coefficient (Wildman–Crippen LogP) is 10.4. The Morgan fingerprint density at radius 2 is 1.21 bits per heavy atom. The molecule has 0 heterocycles. The van der Waals surface area contributed by atoms with Crippen molar-refractivity contribution in [3.8, 4) is 28.0 Å². The summed E-state index contributed by atoms with van der Waals surface area (Å²) >= 11 is 0. The van der Waals surface area contributed by atoms with Crippen LogP contribution in [0.15, 0.2) is 72.8 Å². The van der Waals surface area contributed by atoms with Crippen molar-refractivity contribution in [3.05, 3.63) is 119 Å². The molecule has 0 aliphatic heterocycles. The average molecular weight is 598 g/mol. The summed E-state index contributed by atoms with van der Waals surface area (Å²) in [5, 5.41) is 0. The molecule has 0 amide bonds. The number of allylic oxidation sites excluding steroid dienone is 1. The van der Waals surface area contributed by atoms with E-state index in [0.717, 1.165) is 30.5 Å². The predicted molar refractivity (Wildman–Crippen MR) is 137 cm³/mol. The molecule has 0 fully saturated rings. The molecule has 11 heteroatoms. The molecule has 0 N–H and O–H groups in total. The molecular weight excluding hydrogens is 578 g/mol. The average Bonchev–Trinajstić information content (AvgIpc) is 2.87. The highest BCUT2D eigenvalue weighted by Crippen LogP contribution is 2.38. The molecule has 1 nitrogen and oxygen atoms in total. The number of ether oxygens (including phenoxy) is 1. The lowest BCUT2D eigenvalue weighted by molar-refractivity contribution is -0.189. The Balaban J connectivity index is 1.58. The zero-order chi connectivity index (χ0) is 30.8. The molecule has 0 aliphatic rings. The van der Waals surface area contributed by atoms with Gasteiger partial charge < -0.3 is 4.74 Å². The smallest absolute Gasteiger partial charge is 0.429 e. The van der Waals surface area contributed by atoms with Gasteiger partial charge in [0, 0.05) is 23.3 Å². The Morgan fingerprint density at radius 1 is 0.643 bits per heavy atom. The minimum atomic E-state index is -4.84. The Labute approximate surface area is 233 Å². The second-order valence-electron chi connectivity index (χ2n) is 9.25. The molecule has 0 aromatic heterocycles. The van der Waals surface area contributed by atoms with Crippen molar-refractivity contribution in [2.24, 2.45) is 0 Å². The molecule has 0 saturated carbocycles. The van der Waals surface area contributed by atoms with Crippen molar-refractivity contribution in [1.29, 1.82) is 0 Å². The molecule has 0 bridgehead atoms. The van der Waals surface area contributed by atoms with Crippen LogP contribution < -0.4 is 4.74 Å². The number of aryl methyl sites for hydroxylation is 1. The fraction of sp³-hybridized carbons (Fsp3) is 0.161. The standard InChI is InChI=1S/C31H20F10O/c1-2-3-17-4-6-18(7-5-17)19-12-27(35)29(28(36)13-19)31(40,41)42-21-8-9-22(26(34)16-21)20-14-24(32)23(25(33)15-20)10-11-30(37,38)39/h4-16H,2-3H2,1H3/b11-10+. The van der Waals surface area contributed by atoms with Gasteiger partial charge in [0.05, 0.1) is 0 Å². The minimum Gasteiger partial charge on any atom is -0.429 e. The van der Waals surface area contributed by atoms with Gasteiger partial charge in [0.15, 0.2) is 0 Å². The molecule has 0 radical (unpaired) electrons. The summed E-state index contributed by atoms with van der Waals surface area (Å²) in [6, 6.07) is 11.2. The third kappa shape index (κ3) is 6.95. The van der Waals surface area contributed by atoms with Crippen molar-refractivity contribution in [3.63, 3.8) is 0 Å². The van der Waals surface area contributed by atoms with Crippen LogP contribution in [-0.2, 0) is 12.5 Å². The molecule has 220 valence electrons. The first kappa shape index (κ1) is 30.7. The number of alkyl halides is 5. The summed E-state index contributed by atoms with van der Waals surface area (Å²) in [7, 11) is 0. The molecule has 4 rings (SSSR count). The molecule has 4 aromatic carbocycles. The van der Waals surface area contributed by atoms with Crippen molar-refractivity contribution >= 4 is 6.08 Å². The topological polar surface area (TPSA) is 9.23 Å². The Hall–Kier alpha value is -4.28. The van der Waals surface area contributed by atoms with E-state index < -0.39 is 69.4 Å². The lowest BCUT2D eigenvalue weighted by Crippen LogP contribution is -2.25. The van der Waals surface area contributed by atoms with E-state index in [1.54, 1.807) is 24.3 Å². The molecule has 0 saturated heterocycles. The highest BCUT2D eigenvalue weighted by Gasteiger charge is 2.41. The third-order valence-electron chi connectivity index (χ3n) is 6.17. The number of hydrogen-bond donors (Lipinski definition) is 0. The first-order chi connectivity index (χ1) is 19.7. The summed E-state index contributed by atoms with van der Waals surface area (Å²) in [5.74, 6) is -8.30. The highest BCUT2D eigenvalue weighted by atomic mass is 19.4. The maximum Gasteiger partial charge on any atom is 0.432 e. The maximum atomic E-state index is 14.9. The van der Waals surface area contributed by atoms with Crippen LogP contribution in [0, 0.1) is 29.1 Å². The minimum absolute atomic E-state index is 0.00220. The van der Waals surface area contributed by atoms with Gasteiger partial charge in [-0.15, -0.1) is 0 Å². The number of halogens is 10. The summed E-state index contributed by atoms with van der Waals surface area (Å²) < 4.78 is 144. The maximum absolute atomic E-state index is 14.9. The second kappa shape index (κ2) is 11.9. The van der Waals surface area contributed by atoms with Crippen molar-refractivity contribution in [2.45, 2.75) is 32.1 Å². The first-order valence-corrected chi connectivity index (χ1v) is 12.4. The van der Waals surface area contributed by atoms with Crippen LogP contribution in [0.25, 0.3) is 28.3 Å². The van der Waals surface area contributed by atoms with Crippen LogP contribution >= 0.6 is 0 Å². The van der Waals surface area contributed by atoms with E-state index >= 15 is 0 Å². The van der Waals surface area contributed by atoms with Crippen LogP contribution in [0.5, 0.6) is 5.75 Å². The van der Waals surface area contributed by atoms with Crippen LogP contribution in [0.4, 0.5) is 43.9 Å². The van der Waals surface area contributed by atoms with Crippen molar-refractivity contribution in [2.75, 3.05) is 0 Å². The van der Waals surface area contributed by atoms with E-state index in [4.69, 9.17) is 0 Å². The molecule has 0 atom stereocenters. The fourth-order valence-electron chi connectivity index (χ4n) is 4.24. The van der Waals surface area contributed by atoms with Gasteiger partial charge >= 0.3 is 12.3 Å². The molecule has 4 aromatic rings. The Bertz CT molecular complexity index is 1580.